The number of nitrogens with zero attached hydrogens (tertiary/aromatic N) is 7. The molecule has 2 amide bonds. The van der Waals surface area contributed by atoms with Crippen LogP contribution < -0.4 is 15.0 Å². The van der Waals surface area contributed by atoms with Crippen LogP contribution in [0.2, 0.25) is 0 Å². The standard InChI is InChI=1S/C34H45FN8O3S/c1-4-43(23(2)3)33(45)27-17-25(35)5-6-29(27)46-32-30(36-21-38-40-32)42-14-9-24(19-42)18-41-15-12-34(13-16-41)10-7-26(8-11-34)39-31(44)28-20-47-22-37-28/h5-6,17,20-24,26H,4,7-16,18-19H2,1-3H3,(H,39,44)/t24-/m0/s1. The molecule has 2 saturated heterocycles. The van der Waals surface area contributed by atoms with Crippen molar-refractivity contribution in [2.75, 3.05) is 44.2 Å². The maximum absolute atomic E-state index is 14.3. The van der Waals surface area contributed by atoms with Gasteiger partial charge in [-0.1, -0.05) is 0 Å². The molecule has 3 fully saturated rings. The molecule has 0 bridgehead atoms. The third-order valence-electron chi connectivity index (χ3n) is 10.2. The molecule has 11 nitrogen and oxygen atoms in total. The van der Waals surface area contributed by atoms with Crippen molar-refractivity contribution in [3.8, 4) is 11.6 Å². The van der Waals surface area contributed by atoms with Gasteiger partial charge in [0.05, 0.1) is 11.1 Å². The number of rotatable bonds is 10. The van der Waals surface area contributed by atoms with Crippen LogP contribution in [0.25, 0.3) is 0 Å². The van der Waals surface area contributed by atoms with Gasteiger partial charge in [-0.3, -0.25) is 9.59 Å². The van der Waals surface area contributed by atoms with Crippen molar-refractivity contribution < 1.29 is 18.7 Å². The number of ether oxygens (including phenoxy) is 1. The van der Waals surface area contributed by atoms with Crippen LogP contribution in [0.15, 0.2) is 35.4 Å². The summed E-state index contributed by atoms with van der Waals surface area (Å²) in [5.74, 6) is 0.643. The number of anilines is 1. The molecule has 2 aliphatic heterocycles. The first-order valence-corrected chi connectivity index (χ1v) is 17.8. The Morgan fingerprint density at radius 1 is 1.13 bits per heavy atom. The molecule has 3 aromatic rings. The molecule has 252 valence electrons. The van der Waals surface area contributed by atoms with E-state index in [4.69, 9.17) is 4.74 Å². The van der Waals surface area contributed by atoms with Crippen LogP contribution in [0.4, 0.5) is 10.2 Å². The van der Waals surface area contributed by atoms with E-state index in [2.05, 4.69) is 35.3 Å². The maximum atomic E-state index is 14.3. The Bertz CT molecular complexity index is 1520. The van der Waals surface area contributed by atoms with E-state index < -0.39 is 5.82 Å². The number of halogens is 1. The second-order valence-corrected chi connectivity index (χ2v) is 14.3. The lowest BCUT2D eigenvalue weighted by molar-refractivity contribution is 0.0510. The number of piperidine rings is 1. The van der Waals surface area contributed by atoms with E-state index in [-0.39, 0.29) is 41.1 Å². The van der Waals surface area contributed by atoms with Crippen LogP contribution in [-0.2, 0) is 0 Å². The second kappa shape index (κ2) is 14.6. The number of hydrogen-bond acceptors (Lipinski definition) is 10. The molecule has 2 aromatic heterocycles. The first-order valence-electron chi connectivity index (χ1n) is 16.9. The van der Waals surface area contributed by atoms with E-state index in [0.29, 0.717) is 29.4 Å². The zero-order chi connectivity index (χ0) is 33.0. The van der Waals surface area contributed by atoms with Gasteiger partial charge in [0.1, 0.15) is 23.6 Å². The topological polar surface area (TPSA) is 117 Å². The Labute approximate surface area is 279 Å². The number of benzene rings is 1. The molecule has 1 N–H and O–H groups in total. The van der Waals surface area contributed by atoms with Crippen LogP contribution in [0.1, 0.15) is 86.6 Å². The fourth-order valence-corrected chi connectivity index (χ4v) is 8.04. The van der Waals surface area contributed by atoms with Crippen LogP contribution in [0.3, 0.4) is 0 Å². The number of aromatic nitrogens is 4. The van der Waals surface area contributed by atoms with Crippen molar-refractivity contribution >= 4 is 29.0 Å². The van der Waals surface area contributed by atoms with E-state index in [0.717, 1.165) is 52.0 Å². The smallest absolute Gasteiger partial charge is 0.282 e. The molecule has 13 heteroatoms. The molecule has 47 heavy (non-hydrogen) atoms. The van der Waals surface area contributed by atoms with Gasteiger partial charge < -0.3 is 24.8 Å². The number of hydrogen-bond donors (Lipinski definition) is 1. The fourth-order valence-electron chi connectivity index (χ4n) is 7.51. The lowest BCUT2D eigenvalue weighted by Gasteiger charge is -2.46. The van der Waals surface area contributed by atoms with E-state index >= 15 is 0 Å². The maximum Gasteiger partial charge on any atom is 0.282 e. The highest BCUT2D eigenvalue weighted by molar-refractivity contribution is 7.07. The minimum absolute atomic E-state index is 0.0480. The zero-order valence-corrected chi connectivity index (χ0v) is 28.3. The predicted octanol–water partition coefficient (Wildman–Crippen LogP) is 5.41. The van der Waals surface area contributed by atoms with E-state index in [1.807, 2.05) is 20.8 Å². The summed E-state index contributed by atoms with van der Waals surface area (Å²) in [6, 6.07) is 4.16. The summed E-state index contributed by atoms with van der Waals surface area (Å²) < 4.78 is 20.5. The van der Waals surface area contributed by atoms with Gasteiger partial charge >= 0.3 is 0 Å². The van der Waals surface area contributed by atoms with Gasteiger partial charge in [0.25, 0.3) is 17.7 Å². The van der Waals surface area contributed by atoms with Gasteiger partial charge in [-0.25, -0.2) is 14.4 Å². The number of likely N-dealkylation sites (tertiary alicyclic amines) is 1. The molecular formula is C34H45FN8O3S. The van der Waals surface area contributed by atoms with Crippen molar-refractivity contribution in [1.82, 2.24) is 35.3 Å². The quantitative estimate of drug-likeness (QED) is 0.304. The van der Waals surface area contributed by atoms with Crippen molar-refractivity contribution in [2.24, 2.45) is 11.3 Å². The summed E-state index contributed by atoms with van der Waals surface area (Å²) in [7, 11) is 0. The summed E-state index contributed by atoms with van der Waals surface area (Å²) in [6.07, 6.45) is 9.25. The molecule has 1 spiro atoms. The molecule has 1 aliphatic carbocycles. The third kappa shape index (κ3) is 7.72. The van der Waals surface area contributed by atoms with Gasteiger partial charge in [0.15, 0.2) is 5.82 Å². The van der Waals surface area contributed by atoms with E-state index in [1.54, 1.807) is 15.8 Å². The predicted molar refractivity (Wildman–Crippen MR) is 178 cm³/mol. The number of nitrogens with one attached hydrogen (secondary N) is 1. The van der Waals surface area contributed by atoms with Gasteiger partial charge in [0, 0.05) is 43.6 Å². The van der Waals surface area contributed by atoms with Gasteiger partial charge in [-0.15, -0.1) is 21.5 Å². The Morgan fingerprint density at radius 3 is 2.62 bits per heavy atom. The third-order valence-corrected chi connectivity index (χ3v) is 10.8. The highest BCUT2D eigenvalue weighted by Gasteiger charge is 2.39. The zero-order valence-electron chi connectivity index (χ0n) is 27.5. The normalized spacial score (nSPS) is 20.1. The molecule has 0 unspecified atom stereocenters. The summed E-state index contributed by atoms with van der Waals surface area (Å²) >= 11 is 1.45. The Hall–Kier alpha value is -3.71. The average Bonchev–Trinajstić information content (AvgIpc) is 3.78. The molecule has 6 rings (SSSR count). The number of carbonyl (C=O) groups excluding carboxylic acids is 2. The Balaban J connectivity index is 1.02. The molecule has 3 aliphatic rings. The summed E-state index contributed by atoms with van der Waals surface area (Å²) in [6.45, 7) is 11.1. The lowest BCUT2D eigenvalue weighted by Crippen LogP contribution is -2.46. The Morgan fingerprint density at radius 2 is 1.91 bits per heavy atom. The fraction of sp³-hybridized carbons (Fsp3) is 0.588. The molecule has 1 saturated carbocycles. The van der Waals surface area contributed by atoms with Crippen LogP contribution in [0, 0.1) is 17.2 Å². The van der Waals surface area contributed by atoms with Crippen molar-refractivity contribution in [3.63, 3.8) is 0 Å². The van der Waals surface area contributed by atoms with Gasteiger partial charge in [-0.05, 0) is 108 Å². The van der Waals surface area contributed by atoms with Crippen molar-refractivity contribution in [3.05, 3.63) is 52.5 Å². The largest absolute Gasteiger partial charge is 0.434 e. The van der Waals surface area contributed by atoms with Crippen LogP contribution in [-0.4, -0.2) is 93.1 Å². The van der Waals surface area contributed by atoms with Crippen LogP contribution >= 0.6 is 11.3 Å². The van der Waals surface area contributed by atoms with Crippen LogP contribution in [0.5, 0.6) is 11.6 Å². The molecule has 0 radical (unpaired) electrons. The minimum Gasteiger partial charge on any atom is -0.434 e. The van der Waals surface area contributed by atoms with Crippen molar-refractivity contribution in [1.29, 1.82) is 0 Å². The van der Waals surface area contributed by atoms with Gasteiger partial charge in [0.2, 0.25) is 0 Å². The first kappa shape index (κ1) is 33.2. The number of carbonyl (C=O) groups is 2. The average molecular weight is 665 g/mol. The SMILES string of the molecule is CCN(C(=O)c1cc(F)ccc1Oc1nncnc1N1CC[C@@H](CN2CCC3(CCC(NC(=O)c4cscn4)CC3)CC2)C1)C(C)C. The van der Waals surface area contributed by atoms with E-state index in [9.17, 15) is 14.0 Å². The molecular weight excluding hydrogens is 619 g/mol. The summed E-state index contributed by atoms with van der Waals surface area (Å²) in [5, 5.41) is 13.2. The lowest BCUT2D eigenvalue weighted by atomic mass is 9.67. The first-order chi connectivity index (χ1) is 22.7. The molecule has 4 heterocycles. The van der Waals surface area contributed by atoms with Crippen molar-refractivity contribution in [2.45, 2.75) is 77.8 Å². The summed E-state index contributed by atoms with van der Waals surface area (Å²) in [5.41, 5.74) is 2.76. The van der Waals surface area contributed by atoms with Gasteiger partial charge in [-0.2, -0.15) is 0 Å². The highest BCUT2D eigenvalue weighted by atomic mass is 32.1. The number of thiazole rings is 1. The number of amides is 2. The highest BCUT2D eigenvalue weighted by Crippen LogP contribution is 2.45. The minimum atomic E-state index is -0.507. The molecule has 1 atom stereocenters. The Kier molecular flexibility index (Phi) is 10.3. The van der Waals surface area contributed by atoms with E-state index in [1.165, 1.54) is 61.5 Å². The molecule has 1 aromatic carbocycles. The second-order valence-electron chi connectivity index (χ2n) is 13.5. The summed E-state index contributed by atoms with van der Waals surface area (Å²) in [4.78, 5) is 40.9. The monoisotopic (exact) mass is 664 g/mol.